The van der Waals surface area contributed by atoms with Crippen LogP contribution in [0.3, 0.4) is 0 Å². The SMILES string of the molecule is O=C(NC1COCC1n1nc(-c2cccnc2)ccc1=O)c1onc2c1CCCC2. The van der Waals surface area contributed by atoms with Crippen molar-refractivity contribution < 1.29 is 14.1 Å². The van der Waals surface area contributed by atoms with Crippen molar-refractivity contribution >= 4 is 5.91 Å². The number of rotatable bonds is 4. The van der Waals surface area contributed by atoms with E-state index in [0.717, 1.165) is 42.5 Å². The van der Waals surface area contributed by atoms with Gasteiger partial charge in [-0.15, -0.1) is 0 Å². The molecule has 2 aliphatic rings. The Kier molecular flexibility index (Phi) is 4.88. The lowest BCUT2D eigenvalue weighted by molar-refractivity contribution is 0.0886. The molecular formula is C21H21N5O4. The average molecular weight is 407 g/mol. The summed E-state index contributed by atoms with van der Waals surface area (Å²) in [6.45, 7) is 0.570. The van der Waals surface area contributed by atoms with Crippen molar-refractivity contribution in [3.05, 3.63) is 64.0 Å². The van der Waals surface area contributed by atoms with Crippen LogP contribution in [0.5, 0.6) is 0 Å². The zero-order valence-corrected chi connectivity index (χ0v) is 16.3. The third-order valence-electron chi connectivity index (χ3n) is 5.63. The van der Waals surface area contributed by atoms with Gasteiger partial charge < -0.3 is 14.6 Å². The Morgan fingerprint density at radius 2 is 2.07 bits per heavy atom. The highest BCUT2D eigenvalue weighted by molar-refractivity contribution is 5.93. The number of hydrogen-bond donors (Lipinski definition) is 1. The van der Waals surface area contributed by atoms with E-state index in [2.05, 4.69) is 20.6 Å². The van der Waals surface area contributed by atoms with Gasteiger partial charge in [0.25, 0.3) is 11.5 Å². The Balaban J connectivity index is 1.40. The maximum Gasteiger partial charge on any atom is 0.290 e. The molecule has 1 N–H and O–H groups in total. The van der Waals surface area contributed by atoms with Gasteiger partial charge in [0.1, 0.15) is 6.04 Å². The molecule has 0 bridgehead atoms. The van der Waals surface area contributed by atoms with Crippen molar-refractivity contribution in [3.8, 4) is 11.3 Å². The maximum absolute atomic E-state index is 12.9. The highest BCUT2D eigenvalue weighted by Crippen LogP contribution is 2.25. The first kappa shape index (κ1) is 18.7. The molecule has 1 fully saturated rings. The number of amides is 1. The number of ether oxygens (including phenoxy) is 1. The first-order valence-corrected chi connectivity index (χ1v) is 10.1. The molecule has 154 valence electrons. The highest BCUT2D eigenvalue weighted by atomic mass is 16.5. The van der Waals surface area contributed by atoms with Crippen molar-refractivity contribution in [2.45, 2.75) is 37.8 Å². The molecule has 2 unspecified atom stereocenters. The molecule has 5 rings (SSSR count). The van der Waals surface area contributed by atoms with Crippen molar-refractivity contribution in [1.82, 2.24) is 25.2 Å². The summed E-state index contributed by atoms with van der Waals surface area (Å²) in [6, 6.07) is 6.00. The second-order valence-corrected chi connectivity index (χ2v) is 7.57. The van der Waals surface area contributed by atoms with Gasteiger partial charge in [-0.05, 0) is 43.9 Å². The molecule has 9 nitrogen and oxygen atoms in total. The quantitative estimate of drug-likeness (QED) is 0.698. The molecule has 0 radical (unpaired) electrons. The smallest absolute Gasteiger partial charge is 0.290 e. The Morgan fingerprint density at radius 1 is 1.17 bits per heavy atom. The predicted molar refractivity (Wildman–Crippen MR) is 106 cm³/mol. The summed E-state index contributed by atoms with van der Waals surface area (Å²) in [6.07, 6.45) is 7.07. The Labute approximate surface area is 172 Å². The standard InChI is InChI=1S/C21H21N5O4/c27-19-8-7-15(13-4-3-9-22-10-13)24-26(19)18-12-29-11-17(18)23-21(28)20-14-5-1-2-6-16(14)25-30-20/h3-4,7-10,17-18H,1-2,5-6,11-12H2,(H,23,28). The summed E-state index contributed by atoms with van der Waals surface area (Å²) in [5.74, 6) is -0.0672. The van der Waals surface area contributed by atoms with Crippen molar-refractivity contribution in [2.24, 2.45) is 0 Å². The van der Waals surface area contributed by atoms with Crippen LogP contribution in [0.1, 0.15) is 40.7 Å². The molecule has 1 aliphatic carbocycles. The predicted octanol–water partition coefficient (Wildman–Crippen LogP) is 1.54. The summed E-state index contributed by atoms with van der Waals surface area (Å²) in [4.78, 5) is 29.5. The molecule has 2 atom stereocenters. The van der Waals surface area contributed by atoms with Crippen LogP contribution >= 0.6 is 0 Å². The molecule has 1 saturated heterocycles. The lowest BCUT2D eigenvalue weighted by atomic mass is 9.96. The molecule has 3 aromatic rings. The van der Waals surface area contributed by atoms with Crippen molar-refractivity contribution in [3.63, 3.8) is 0 Å². The monoisotopic (exact) mass is 407 g/mol. The molecular weight excluding hydrogens is 386 g/mol. The van der Waals surface area contributed by atoms with E-state index in [1.165, 1.54) is 10.7 Å². The van der Waals surface area contributed by atoms with Crippen LogP contribution < -0.4 is 10.9 Å². The van der Waals surface area contributed by atoms with Crippen LogP contribution in [0, 0.1) is 0 Å². The summed E-state index contributed by atoms with van der Waals surface area (Å²) in [7, 11) is 0. The van der Waals surface area contributed by atoms with E-state index in [0.29, 0.717) is 5.69 Å². The van der Waals surface area contributed by atoms with E-state index in [1.54, 1.807) is 18.5 Å². The fourth-order valence-electron chi connectivity index (χ4n) is 4.06. The number of aryl methyl sites for hydroxylation is 1. The first-order valence-electron chi connectivity index (χ1n) is 10.1. The lowest BCUT2D eigenvalue weighted by Gasteiger charge is -2.20. The fraction of sp³-hybridized carbons (Fsp3) is 0.381. The van der Waals surface area contributed by atoms with E-state index in [1.807, 2.05) is 12.1 Å². The van der Waals surface area contributed by atoms with E-state index in [9.17, 15) is 9.59 Å². The van der Waals surface area contributed by atoms with E-state index < -0.39 is 12.1 Å². The average Bonchev–Trinajstić information content (AvgIpc) is 3.42. The van der Waals surface area contributed by atoms with Gasteiger partial charge in [0.05, 0.1) is 30.6 Å². The van der Waals surface area contributed by atoms with Crippen molar-refractivity contribution in [1.29, 1.82) is 0 Å². The van der Waals surface area contributed by atoms with Gasteiger partial charge >= 0.3 is 0 Å². The third kappa shape index (κ3) is 3.41. The highest BCUT2D eigenvalue weighted by Gasteiger charge is 2.35. The topological polar surface area (TPSA) is 112 Å². The Morgan fingerprint density at radius 3 is 2.93 bits per heavy atom. The lowest BCUT2D eigenvalue weighted by Crippen LogP contribution is -2.44. The molecule has 4 heterocycles. The second kappa shape index (κ2) is 7.83. The molecule has 3 aromatic heterocycles. The summed E-state index contributed by atoms with van der Waals surface area (Å²) in [5, 5.41) is 11.5. The first-order chi connectivity index (χ1) is 14.7. The fourth-order valence-corrected chi connectivity index (χ4v) is 4.06. The van der Waals surface area contributed by atoms with Crippen LogP contribution in [-0.2, 0) is 17.6 Å². The number of aromatic nitrogens is 4. The molecule has 9 heteroatoms. The van der Waals surface area contributed by atoms with Gasteiger partial charge in [-0.3, -0.25) is 14.6 Å². The summed E-state index contributed by atoms with van der Waals surface area (Å²) in [5.41, 5.74) is 2.94. The number of nitrogens with one attached hydrogen (secondary N) is 1. The molecule has 30 heavy (non-hydrogen) atoms. The van der Waals surface area contributed by atoms with Crippen LogP contribution in [0.4, 0.5) is 0 Å². The van der Waals surface area contributed by atoms with Crippen LogP contribution in [0.15, 0.2) is 46.0 Å². The van der Waals surface area contributed by atoms with Gasteiger partial charge in [-0.1, -0.05) is 5.16 Å². The zero-order chi connectivity index (χ0) is 20.5. The van der Waals surface area contributed by atoms with Crippen molar-refractivity contribution in [2.75, 3.05) is 13.2 Å². The number of hydrogen-bond acceptors (Lipinski definition) is 7. The summed E-state index contributed by atoms with van der Waals surface area (Å²) >= 11 is 0. The summed E-state index contributed by atoms with van der Waals surface area (Å²) < 4.78 is 12.3. The van der Waals surface area contributed by atoms with Gasteiger partial charge in [0.15, 0.2) is 0 Å². The molecule has 0 spiro atoms. The van der Waals surface area contributed by atoms with E-state index in [-0.39, 0.29) is 30.4 Å². The van der Waals surface area contributed by atoms with E-state index >= 15 is 0 Å². The number of carbonyl (C=O) groups excluding carboxylic acids is 1. The molecule has 1 aliphatic heterocycles. The number of carbonyl (C=O) groups is 1. The molecule has 1 amide bonds. The van der Waals surface area contributed by atoms with E-state index in [4.69, 9.17) is 9.26 Å². The normalized spacial score (nSPS) is 20.7. The number of pyridine rings is 1. The van der Waals surface area contributed by atoms with Gasteiger partial charge in [-0.2, -0.15) is 5.10 Å². The minimum Gasteiger partial charge on any atom is -0.377 e. The Hall–Kier alpha value is -3.33. The van der Waals surface area contributed by atoms with Crippen LogP contribution in [-0.4, -0.2) is 45.1 Å². The van der Waals surface area contributed by atoms with Crippen LogP contribution in [0.2, 0.25) is 0 Å². The van der Waals surface area contributed by atoms with Gasteiger partial charge in [0.2, 0.25) is 5.76 Å². The maximum atomic E-state index is 12.9. The van der Waals surface area contributed by atoms with Gasteiger partial charge in [0, 0.05) is 29.6 Å². The Bertz CT molecular complexity index is 1120. The van der Waals surface area contributed by atoms with Crippen LogP contribution in [0.25, 0.3) is 11.3 Å². The van der Waals surface area contributed by atoms with Gasteiger partial charge in [-0.25, -0.2) is 4.68 Å². The second-order valence-electron chi connectivity index (χ2n) is 7.57. The number of fused-ring (bicyclic) bond motifs is 1. The minimum absolute atomic E-state index is 0.255. The largest absolute Gasteiger partial charge is 0.377 e. The number of nitrogens with zero attached hydrogens (tertiary/aromatic N) is 4. The molecule has 0 saturated carbocycles. The third-order valence-corrected chi connectivity index (χ3v) is 5.63. The zero-order valence-electron chi connectivity index (χ0n) is 16.3. The minimum atomic E-state index is -0.420. The molecule has 0 aromatic carbocycles.